The van der Waals surface area contributed by atoms with Gasteiger partial charge in [0, 0.05) is 5.56 Å². The van der Waals surface area contributed by atoms with E-state index in [0.717, 1.165) is 0 Å². The van der Waals surface area contributed by atoms with Crippen LogP contribution in [0.25, 0.3) is 0 Å². The van der Waals surface area contributed by atoms with Gasteiger partial charge in [-0.3, -0.25) is 0 Å². The van der Waals surface area contributed by atoms with E-state index in [1.807, 2.05) is 6.07 Å². The van der Waals surface area contributed by atoms with Crippen LogP contribution in [0.2, 0.25) is 5.02 Å². The van der Waals surface area contributed by atoms with Crippen molar-refractivity contribution in [3.05, 3.63) is 64.2 Å². The van der Waals surface area contributed by atoms with Crippen molar-refractivity contribution in [2.75, 3.05) is 0 Å². The van der Waals surface area contributed by atoms with Gasteiger partial charge in [-0.1, -0.05) is 17.7 Å². The van der Waals surface area contributed by atoms with Gasteiger partial charge in [-0.25, -0.2) is 8.78 Å². The molecule has 0 atom stereocenters. The fraction of sp³-hybridized carbons (Fsp3) is 0.0714. The summed E-state index contributed by atoms with van der Waals surface area (Å²) >= 11 is 5.61. The summed E-state index contributed by atoms with van der Waals surface area (Å²) in [6, 6.07) is 9.98. The highest BCUT2D eigenvalue weighted by Gasteiger charge is 2.09. The van der Waals surface area contributed by atoms with Gasteiger partial charge in [0.15, 0.2) is 11.6 Å². The number of rotatable bonds is 3. The summed E-state index contributed by atoms with van der Waals surface area (Å²) in [5, 5.41) is 8.82. The highest BCUT2D eigenvalue weighted by molar-refractivity contribution is 6.30. The lowest BCUT2D eigenvalue weighted by Gasteiger charge is -2.09. The van der Waals surface area contributed by atoms with Crippen LogP contribution in [0.15, 0.2) is 36.4 Å². The van der Waals surface area contributed by atoms with Crippen LogP contribution >= 0.6 is 11.6 Å². The molecule has 0 aliphatic heterocycles. The largest absolute Gasteiger partial charge is 0.486 e. The Bertz CT molecular complexity index is 652. The minimum atomic E-state index is -0.681. The average Bonchev–Trinajstić information content (AvgIpc) is 2.40. The molecule has 0 heterocycles. The van der Waals surface area contributed by atoms with Gasteiger partial charge in [0.05, 0.1) is 16.7 Å². The van der Waals surface area contributed by atoms with Gasteiger partial charge >= 0.3 is 0 Å². The Hall–Kier alpha value is -2.12. The second-order valence-electron chi connectivity index (χ2n) is 3.75. The lowest BCUT2D eigenvalue weighted by molar-refractivity contribution is 0.289. The maximum absolute atomic E-state index is 13.6. The molecule has 0 saturated heterocycles. The molecule has 0 unspecified atom stereocenters. The molecule has 96 valence electrons. The van der Waals surface area contributed by atoms with Crippen LogP contribution in [0.5, 0.6) is 5.75 Å². The molecule has 0 radical (unpaired) electrons. The van der Waals surface area contributed by atoms with E-state index in [-0.39, 0.29) is 22.9 Å². The maximum Gasteiger partial charge on any atom is 0.183 e. The summed E-state index contributed by atoms with van der Waals surface area (Å²) in [6.45, 7) is -0.113. The number of nitrogens with zero attached hydrogens (tertiary/aromatic N) is 1. The van der Waals surface area contributed by atoms with Crippen molar-refractivity contribution in [3.63, 3.8) is 0 Å². The van der Waals surface area contributed by atoms with E-state index in [0.29, 0.717) is 5.56 Å². The van der Waals surface area contributed by atoms with E-state index in [1.54, 1.807) is 0 Å². The molecule has 0 spiro atoms. The molecule has 0 aliphatic rings. The van der Waals surface area contributed by atoms with E-state index in [2.05, 4.69) is 0 Å². The van der Waals surface area contributed by atoms with Crippen molar-refractivity contribution in [2.45, 2.75) is 6.61 Å². The van der Waals surface area contributed by atoms with Gasteiger partial charge in [0.1, 0.15) is 12.4 Å². The van der Waals surface area contributed by atoms with Gasteiger partial charge in [0.2, 0.25) is 0 Å². The Labute approximate surface area is 113 Å². The molecule has 5 heteroatoms. The molecule has 2 aromatic carbocycles. The first kappa shape index (κ1) is 13.3. The molecule has 0 bridgehead atoms. The minimum absolute atomic E-state index is 0.0411. The van der Waals surface area contributed by atoms with Crippen molar-refractivity contribution < 1.29 is 13.5 Å². The third-order valence-corrected chi connectivity index (χ3v) is 2.78. The highest BCUT2D eigenvalue weighted by atomic mass is 35.5. The zero-order valence-electron chi connectivity index (χ0n) is 9.66. The van der Waals surface area contributed by atoms with Crippen molar-refractivity contribution in [3.8, 4) is 11.8 Å². The third kappa shape index (κ3) is 3.01. The Morgan fingerprint density at radius 1 is 1.21 bits per heavy atom. The van der Waals surface area contributed by atoms with Crippen molar-refractivity contribution in [1.82, 2.24) is 0 Å². The zero-order chi connectivity index (χ0) is 13.8. The molecule has 0 aromatic heterocycles. The van der Waals surface area contributed by atoms with Crippen LogP contribution in [0.3, 0.4) is 0 Å². The van der Waals surface area contributed by atoms with Crippen LogP contribution in [0.1, 0.15) is 11.1 Å². The highest BCUT2D eigenvalue weighted by Crippen LogP contribution is 2.25. The van der Waals surface area contributed by atoms with Crippen LogP contribution in [-0.4, -0.2) is 0 Å². The molecule has 19 heavy (non-hydrogen) atoms. The summed E-state index contributed by atoms with van der Waals surface area (Å²) in [6.07, 6.45) is 0. The predicted octanol–water partition coefficient (Wildman–Crippen LogP) is 4.07. The van der Waals surface area contributed by atoms with E-state index in [4.69, 9.17) is 21.6 Å². The lowest BCUT2D eigenvalue weighted by Crippen LogP contribution is -2.00. The standard InChI is InChI=1S/C14H8ClF2NO/c15-12-2-1-3-13(14(12)17)19-8-10-6-11(16)5-4-9(10)7-18/h1-6H,8H2. The van der Waals surface area contributed by atoms with Crippen LogP contribution in [-0.2, 0) is 6.61 Å². The summed E-state index contributed by atoms with van der Waals surface area (Å²) in [5.74, 6) is -1.20. The average molecular weight is 280 g/mol. The van der Waals surface area contributed by atoms with Crippen LogP contribution < -0.4 is 4.74 Å². The van der Waals surface area contributed by atoms with Crippen molar-refractivity contribution >= 4 is 11.6 Å². The Balaban J connectivity index is 2.21. The molecule has 0 aliphatic carbocycles. The van der Waals surface area contributed by atoms with E-state index in [9.17, 15) is 8.78 Å². The van der Waals surface area contributed by atoms with Gasteiger partial charge in [-0.05, 0) is 30.3 Å². The Morgan fingerprint density at radius 3 is 2.74 bits per heavy atom. The second-order valence-corrected chi connectivity index (χ2v) is 4.16. The first-order chi connectivity index (χ1) is 9.11. The number of nitriles is 1. The molecule has 0 N–H and O–H groups in total. The van der Waals surface area contributed by atoms with E-state index < -0.39 is 11.6 Å². The summed E-state index contributed by atoms with van der Waals surface area (Å²) < 4.78 is 31.9. The van der Waals surface area contributed by atoms with Crippen LogP contribution in [0, 0.1) is 23.0 Å². The lowest BCUT2D eigenvalue weighted by atomic mass is 10.1. The van der Waals surface area contributed by atoms with Gasteiger partial charge in [-0.2, -0.15) is 5.26 Å². The minimum Gasteiger partial charge on any atom is -0.486 e. The Kier molecular flexibility index (Phi) is 3.98. The fourth-order valence-electron chi connectivity index (χ4n) is 1.54. The molecule has 0 saturated carbocycles. The summed E-state index contributed by atoms with van der Waals surface area (Å²) in [4.78, 5) is 0. The molecule has 0 amide bonds. The van der Waals surface area contributed by atoms with Gasteiger partial charge < -0.3 is 4.74 Å². The number of hydrogen-bond donors (Lipinski definition) is 0. The first-order valence-electron chi connectivity index (χ1n) is 5.37. The SMILES string of the molecule is N#Cc1ccc(F)cc1COc1cccc(Cl)c1F. The van der Waals surface area contributed by atoms with Gasteiger partial charge in [0.25, 0.3) is 0 Å². The number of ether oxygens (including phenoxy) is 1. The summed E-state index contributed by atoms with van der Waals surface area (Å²) in [7, 11) is 0. The topological polar surface area (TPSA) is 33.0 Å². The number of halogens is 3. The molecule has 2 nitrogen and oxygen atoms in total. The normalized spacial score (nSPS) is 10.0. The monoisotopic (exact) mass is 279 g/mol. The second kappa shape index (κ2) is 5.68. The van der Waals surface area contributed by atoms with E-state index in [1.165, 1.54) is 36.4 Å². The van der Waals surface area contributed by atoms with Crippen molar-refractivity contribution in [2.24, 2.45) is 0 Å². The van der Waals surface area contributed by atoms with Crippen LogP contribution in [0.4, 0.5) is 8.78 Å². The summed E-state index contributed by atoms with van der Waals surface area (Å²) in [5.41, 5.74) is 0.630. The maximum atomic E-state index is 13.6. The zero-order valence-corrected chi connectivity index (χ0v) is 10.4. The molecule has 0 fully saturated rings. The van der Waals surface area contributed by atoms with Gasteiger partial charge in [-0.15, -0.1) is 0 Å². The molecular formula is C14H8ClF2NO. The smallest absolute Gasteiger partial charge is 0.183 e. The Morgan fingerprint density at radius 2 is 2.00 bits per heavy atom. The number of hydrogen-bond acceptors (Lipinski definition) is 2. The molecule has 2 rings (SSSR count). The van der Waals surface area contributed by atoms with E-state index >= 15 is 0 Å². The first-order valence-corrected chi connectivity index (χ1v) is 5.75. The molecular weight excluding hydrogens is 272 g/mol. The quantitative estimate of drug-likeness (QED) is 0.848. The van der Waals surface area contributed by atoms with Crippen molar-refractivity contribution in [1.29, 1.82) is 5.26 Å². The predicted molar refractivity (Wildman–Crippen MR) is 66.9 cm³/mol. The number of benzene rings is 2. The fourth-order valence-corrected chi connectivity index (χ4v) is 1.71. The molecule has 2 aromatic rings. The third-order valence-electron chi connectivity index (χ3n) is 2.49.